The van der Waals surface area contributed by atoms with Crippen molar-refractivity contribution in [1.82, 2.24) is 9.62 Å². The summed E-state index contributed by atoms with van der Waals surface area (Å²) < 4.78 is 29.8. The molecule has 2 rings (SSSR count). The fraction of sp³-hybridized carbons (Fsp3) is 0.357. The van der Waals surface area contributed by atoms with Crippen molar-refractivity contribution >= 4 is 27.3 Å². The number of rotatable bonds is 6. The quantitative estimate of drug-likeness (QED) is 0.870. The molecule has 2 aromatic rings. The van der Waals surface area contributed by atoms with Crippen LogP contribution in [0.3, 0.4) is 0 Å². The van der Waals surface area contributed by atoms with Crippen molar-refractivity contribution in [3.05, 3.63) is 45.5 Å². The standard InChI is InChI=1S/C14H18N2O4S2/c1-10-6-7-21-13(10)9-16(2)14(17)12-5-4-11(20-12)8-15-22(3,18)19/h4-7,15H,8-9H2,1-3H3. The summed E-state index contributed by atoms with van der Waals surface area (Å²) in [6.07, 6.45) is 1.07. The van der Waals surface area contributed by atoms with E-state index in [1.165, 1.54) is 0 Å². The lowest BCUT2D eigenvalue weighted by Gasteiger charge is -2.15. The van der Waals surface area contributed by atoms with Gasteiger partial charge in [-0.3, -0.25) is 4.79 Å². The van der Waals surface area contributed by atoms with E-state index < -0.39 is 10.0 Å². The first kappa shape index (κ1) is 16.7. The first-order valence-electron chi connectivity index (χ1n) is 6.58. The third-order valence-corrected chi connectivity index (χ3v) is 4.75. The second-order valence-corrected chi connectivity index (χ2v) is 7.88. The zero-order chi connectivity index (χ0) is 16.3. The van der Waals surface area contributed by atoms with E-state index in [0.29, 0.717) is 12.3 Å². The number of carbonyl (C=O) groups is 1. The number of furan rings is 1. The maximum atomic E-state index is 12.3. The minimum atomic E-state index is -3.29. The van der Waals surface area contributed by atoms with Gasteiger partial charge in [-0.1, -0.05) is 0 Å². The van der Waals surface area contributed by atoms with Crippen molar-refractivity contribution in [2.24, 2.45) is 0 Å². The Kier molecular flexibility index (Phi) is 5.05. The second-order valence-electron chi connectivity index (χ2n) is 5.05. The van der Waals surface area contributed by atoms with Crippen molar-refractivity contribution < 1.29 is 17.6 Å². The van der Waals surface area contributed by atoms with E-state index in [9.17, 15) is 13.2 Å². The Balaban J connectivity index is 2.00. The summed E-state index contributed by atoms with van der Waals surface area (Å²) in [5.41, 5.74) is 1.15. The second kappa shape index (κ2) is 6.64. The van der Waals surface area contributed by atoms with Gasteiger partial charge in [0.15, 0.2) is 5.76 Å². The molecule has 22 heavy (non-hydrogen) atoms. The van der Waals surface area contributed by atoms with Crippen molar-refractivity contribution in [3.63, 3.8) is 0 Å². The Morgan fingerprint density at radius 3 is 2.68 bits per heavy atom. The Morgan fingerprint density at radius 2 is 2.09 bits per heavy atom. The normalized spacial score (nSPS) is 11.6. The number of carbonyl (C=O) groups excluding carboxylic acids is 1. The van der Waals surface area contributed by atoms with Crippen LogP contribution in [0.5, 0.6) is 0 Å². The van der Waals surface area contributed by atoms with E-state index in [4.69, 9.17) is 4.42 Å². The van der Waals surface area contributed by atoms with Gasteiger partial charge in [0.05, 0.1) is 19.3 Å². The van der Waals surface area contributed by atoms with Gasteiger partial charge >= 0.3 is 0 Å². The molecule has 8 heteroatoms. The van der Waals surface area contributed by atoms with Crippen LogP contribution in [0.4, 0.5) is 0 Å². The fourth-order valence-electron chi connectivity index (χ4n) is 1.83. The number of amides is 1. The number of nitrogens with zero attached hydrogens (tertiary/aromatic N) is 1. The van der Waals surface area contributed by atoms with Gasteiger partial charge in [-0.15, -0.1) is 11.3 Å². The molecule has 0 saturated heterocycles. The van der Waals surface area contributed by atoms with Crippen molar-refractivity contribution in [3.8, 4) is 0 Å². The van der Waals surface area contributed by atoms with Gasteiger partial charge in [0.25, 0.3) is 5.91 Å². The van der Waals surface area contributed by atoms with Crippen LogP contribution in [-0.2, 0) is 23.1 Å². The monoisotopic (exact) mass is 342 g/mol. The molecule has 0 atom stereocenters. The van der Waals surface area contributed by atoms with E-state index in [1.807, 2.05) is 18.4 Å². The number of hydrogen-bond donors (Lipinski definition) is 1. The van der Waals surface area contributed by atoms with Gasteiger partial charge < -0.3 is 9.32 Å². The number of sulfonamides is 1. The third kappa shape index (κ3) is 4.43. The van der Waals surface area contributed by atoms with Crippen LogP contribution in [-0.4, -0.2) is 32.5 Å². The van der Waals surface area contributed by atoms with Crippen LogP contribution in [0.25, 0.3) is 0 Å². The van der Waals surface area contributed by atoms with Crippen LogP contribution >= 0.6 is 11.3 Å². The van der Waals surface area contributed by atoms with Gasteiger partial charge in [-0.05, 0) is 36.1 Å². The average molecular weight is 342 g/mol. The maximum Gasteiger partial charge on any atom is 0.289 e. The number of thiophene rings is 1. The average Bonchev–Trinajstić information content (AvgIpc) is 3.05. The maximum absolute atomic E-state index is 12.3. The first-order chi connectivity index (χ1) is 10.3. The summed E-state index contributed by atoms with van der Waals surface area (Å²) in [4.78, 5) is 15.0. The lowest BCUT2D eigenvalue weighted by molar-refractivity contribution is 0.0752. The molecule has 0 fully saturated rings. The minimum absolute atomic E-state index is 0.0276. The number of nitrogens with one attached hydrogen (secondary N) is 1. The molecule has 0 aliphatic carbocycles. The largest absolute Gasteiger partial charge is 0.455 e. The Labute approximate surface area is 133 Å². The highest BCUT2D eigenvalue weighted by atomic mass is 32.2. The molecule has 0 aliphatic heterocycles. The summed E-state index contributed by atoms with van der Waals surface area (Å²) in [6, 6.07) is 5.16. The lowest BCUT2D eigenvalue weighted by atomic mass is 10.3. The number of hydrogen-bond acceptors (Lipinski definition) is 5. The van der Waals surface area contributed by atoms with Crippen molar-refractivity contribution in [1.29, 1.82) is 0 Å². The Morgan fingerprint density at radius 1 is 1.36 bits per heavy atom. The molecule has 0 aromatic carbocycles. The summed E-state index contributed by atoms with van der Waals surface area (Å²) in [6.45, 7) is 2.55. The molecule has 0 unspecified atom stereocenters. The summed E-state index contributed by atoms with van der Waals surface area (Å²) >= 11 is 1.61. The van der Waals surface area contributed by atoms with Crippen LogP contribution in [0.2, 0.25) is 0 Å². The topological polar surface area (TPSA) is 79.6 Å². The highest BCUT2D eigenvalue weighted by Crippen LogP contribution is 2.19. The van der Waals surface area contributed by atoms with E-state index in [0.717, 1.165) is 16.7 Å². The molecular formula is C14H18N2O4S2. The molecule has 6 nitrogen and oxygen atoms in total. The van der Waals surface area contributed by atoms with Gasteiger partial charge in [0, 0.05) is 11.9 Å². The highest BCUT2D eigenvalue weighted by molar-refractivity contribution is 7.88. The summed E-state index contributed by atoms with van der Waals surface area (Å²) in [7, 11) is -1.59. The van der Waals surface area contributed by atoms with Crippen LogP contribution in [0.1, 0.15) is 26.8 Å². The van der Waals surface area contributed by atoms with Crippen molar-refractivity contribution in [2.45, 2.75) is 20.0 Å². The Hall–Kier alpha value is -1.64. The molecule has 120 valence electrons. The molecule has 0 bridgehead atoms. The summed E-state index contributed by atoms with van der Waals surface area (Å²) in [5, 5.41) is 1.99. The van der Waals surface area contributed by atoms with E-state index in [2.05, 4.69) is 4.72 Å². The molecule has 1 N–H and O–H groups in total. The third-order valence-electron chi connectivity index (χ3n) is 3.08. The Bertz CT molecular complexity index is 761. The van der Waals surface area contributed by atoms with Crippen molar-refractivity contribution in [2.75, 3.05) is 13.3 Å². The summed E-state index contributed by atoms with van der Waals surface area (Å²) in [5.74, 6) is 0.356. The van der Waals surface area contributed by atoms with Crippen LogP contribution in [0.15, 0.2) is 28.0 Å². The molecule has 0 saturated carbocycles. The van der Waals surface area contributed by atoms with Gasteiger partial charge in [-0.2, -0.15) is 0 Å². The molecule has 0 aliphatic rings. The van der Waals surface area contributed by atoms with Crippen LogP contribution < -0.4 is 4.72 Å². The zero-order valence-corrected chi connectivity index (χ0v) is 14.3. The molecule has 1 amide bonds. The highest BCUT2D eigenvalue weighted by Gasteiger charge is 2.17. The lowest BCUT2D eigenvalue weighted by Crippen LogP contribution is -2.25. The minimum Gasteiger partial charge on any atom is -0.455 e. The van der Waals surface area contributed by atoms with E-state index >= 15 is 0 Å². The zero-order valence-electron chi connectivity index (χ0n) is 12.6. The van der Waals surface area contributed by atoms with E-state index in [1.54, 1.807) is 35.4 Å². The number of aryl methyl sites for hydroxylation is 1. The molecule has 2 aromatic heterocycles. The SMILES string of the molecule is Cc1ccsc1CN(C)C(=O)c1ccc(CNS(C)(=O)=O)o1. The fourth-order valence-corrected chi connectivity index (χ4v) is 3.19. The first-order valence-corrected chi connectivity index (χ1v) is 9.35. The molecule has 0 spiro atoms. The predicted molar refractivity (Wildman–Crippen MR) is 85.2 cm³/mol. The smallest absolute Gasteiger partial charge is 0.289 e. The molecule has 2 heterocycles. The molecule has 0 radical (unpaired) electrons. The van der Waals surface area contributed by atoms with Gasteiger partial charge in [0.2, 0.25) is 10.0 Å². The predicted octanol–water partition coefficient (Wildman–Crippen LogP) is 1.97. The van der Waals surface area contributed by atoms with E-state index in [-0.39, 0.29) is 18.2 Å². The van der Waals surface area contributed by atoms with Crippen LogP contribution in [0, 0.1) is 6.92 Å². The van der Waals surface area contributed by atoms with Gasteiger partial charge in [-0.25, -0.2) is 13.1 Å². The van der Waals surface area contributed by atoms with Gasteiger partial charge in [0.1, 0.15) is 5.76 Å². The molecular weight excluding hydrogens is 324 g/mol.